The fraction of sp³-hybridized carbons (Fsp3) is 0.412. The Morgan fingerprint density at radius 3 is 2.80 bits per heavy atom. The number of benzene rings is 2. The van der Waals surface area contributed by atoms with E-state index >= 15 is 0 Å². The summed E-state index contributed by atoms with van der Waals surface area (Å²) in [5, 5.41) is 14.7. The summed E-state index contributed by atoms with van der Waals surface area (Å²) in [6.07, 6.45) is 3.31. The van der Waals surface area contributed by atoms with Crippen molar-refractivity contribution in [1.29, 1.82) is 0 Å². The van der Waals surface area contributed by atoms with E-state index in [2.05, 4.69) is 35.6 Å². The maximum absolute atomic E-state index is 8.99. The third-order valence-corrected chi connectivity index (χ3v) is 3.83. The Kier molecular flexibility index (Phi) is 4.19. The molecule has 0 spiro atoms. The van der Waals surface area contributed by atoms with Gasteiger partial charge in [0.25, 0.3) is 0 Å². The largest absolute Gasteiger partial charge is 0.489 e. The molecule has 0 radical (unpaired) electrons. The van der Waals surface area contributed by atoms with Crippen molar-refractivity contribution in [3.63, 3.8) is 0 Å². The average molecular weight is 271 g/mol. The van der Waals surface area contributed by atoms with E-state index in [0.29, 0.717) is 6.42 Å². The van der Waals surface area contributed by atoms with Gasteiger partial charge in [-0.25, -0.2) is 0 Å². The Hall–Kier alpha value is -1.58. The minimum Gasteiger partial charge on any atom is -0.489 e. The summed E-state index contributed by atoms with van der Waals surface area (Å²) in [6, 6.07) is 12.6. The zero-order valence-corrected chi connectivity index (χ0v) is 11.6. The van der Waals surface area contributed by atoms with Crippen molar-refractivity contribution >= 4 is 10.8 Å². The first kappa shape index (κ1) is 13.4. The lowest BCUT2D eigenvalue weighted by atomic mass is 10.0. The van der Waals surface area contributed by atoms with Gasteiger partial charge in [-0.1, -0.05) is 24.3 Å². The molecule has 1 aliphatic heterocycles. The molecule has 0 aliphatic carbocycles. The van der Waals surface area contributed by atoms with E-state index in [0.717, 1.165) is 25.3 Å². The molecule has 1 atom stereocenters. The second kappa shape index (κ2) is 6.25. The van der Waals surface area contributed by atoms with Crippen LogP contribution in [-0.2, 0) is 6.42 Å². The Morgan fingerprint density at radius 1 is 1.15 bits per heavy atom. The molecule has 3 rings (SSSR count). The van der Waals surface area contributed by atoms with Crippen LogP contribution >= 0.6 is 0 Å². The quantitative estimate of drug-likeness (QED) is 0.898. The highest BCUT2D eigenvalue weighted by molar-refractivity contribution is 5.84. The van der Waals surface area contributed by atoms with Crippen LogP contribution < -0.4 is 10.1 Å². The van der Waals surface area contributed by atoms with Crippen LogP contribution in [0.1, 0.15) is 18.4 Å². The molecule has 0 aromatic heterocycles. The molecule has 3 nitrogen and oxygen atoms in total. The molecular weight excluding hydrogens is 250 g/mol. The summed E-state index contributed by atoms with van der Waals surface area (Å²) in [4.78, 5) is 0. The lowest BCUT2D eigenvalue weighted by Gasteiger charge is -2.24. The first-order chi connectivity index (χ1) is 9.85. The number of hydrogen-bond acceptors (Lipinski definition) is 3. The van der Waals surface area contributed by atoms with Crippen molar-refractivity contribution in [3.8, 4) is 5.75 Å². The molecule has 1 unspecified atom stereocenters. The van der Waals surface area contributed by atoms with Crippen molar-refractivity contribution in [2.24, 2.45) is 0 Å². The molecule has 20 heavy (non-hydrogen) atoms. The highest BCUT2D eigenvalue weighted by atomic mass is 16.5. The summed E-state index contributed by atoms with van der Waals surface area (Å²) in [6.45, 7) is 2.24. The third-order valence-electron chi connectivity index (χ3n) is 3.83. The molecule has 2 aromatic carbocycles. The smallest absolute Gasteiger partial charge is 0.120 e. The van der Waals surface area contributed by atoms with Crippen LogP contribution in [0.5, 0.6) is 5.75 Å². The molecule has 2 N–H and O–H groups in total. The molecule has 2 aromatic rings. The van der Waals surface area contributed by atoms with Gasteiger partial charge in [-0.05, 0) is 54.3 Å². The summed E-state index contributed by atoms with van der Waals surface area (Å²) in [5.41, 5.74) is 1.17. The molecule has 3 heteroatoms. The van der Waals surface area contributed by atoms with Gasteiger partial charge < -0.3 is 15.2 Å². The number of ether oxygens (including phenoxy) is 1. The minimum absolute atomic E-state index is 0.196. The minimum atomic E-state index is 0.196. The number of piperidine rings is 1. The van der Waals surface area contributed by atoms with Gasteiger partial charge in [0.1, 0.15) is 11.9 Å². The standard InChI is InChI=1S/C17H21NO2/c19-9-7-13-3-4-15-11-16(6-5-14(15)10-13)20-17-2-1-8-18-12-17/h3-6,10-11,17-19H,1-2,7-9,12H2. The maximum Gasteiger partial charge on any atom is 0.120 e. The van der Waals surface area contributed by atoms with Crippen LogP contribution in [0, 0.1) is 0 Å². The van der Waals surface area contributed by atoms with Gasteiger partial charge >= 0.3 is 0 Å². The van der Waals surface area contributed by atoms with Crippen LogP contribution in [0.4, 0.5) is 0 Å². The number of aliphatic hydroxyl groups excluding tert-OH is 1. The van der Waals surface area contributed by atoms with Gasteiger partial charge in [0.15, 0.2) is 0 Å². The maximum atomic E-state index is 8.99. The van der Waals surface area contributed by atoms with Crippen molar-refractivity contribution < 1.29 is 9.84 Å². The van der Waals surface area contributed by atoms with E-state index < -0.39 is 0 Å². The second-order valence-corrected chi connectivity index (χ2v) is 5.40. The van der Waals surface area contributed by atoms with Gasteiger partial charge in [0.05, 0.1) is 0 Å². The fourth-order valence-electron chi connectivity index (χ4n) is 2.74. The predicted octanol–water partition coefficient (Wildman–Crippen LogP) is 2.51. The molecule has 0 bridgehead atoms. The molecular formula is C17H21NO2. The van der Waals surface area contributed by atoms with E-state index in [4.69, 9.17) is 9.84 Å². The van der Waals surface area contributed by atoms with E-state index in [-0.39, 0.29) is 12.7 Å². The third kappa shape index (κ3) is 3.11. The first-order valence-electron chi connectivity index (χ1n) is 7.36. The molecule has 1 saturated heterocycles. The summed E-state index contributed by atoms with van der Waals surface area (Å²) in [7, 11) is 0. The Morgan fingerprint density at radius 2 is 2.00 bits per heavy atom. The van der Waals surface area contributed by atoms with E-state index in [1.807, 2.05) is 6.07 Å². The summed E-state index contributed by atoms with van der Waals surface area (Å²) >= 11 is 0. The highest BCUT2D eigenvalue weighted by Crippen LogP contribution is 2.24. The number of aliphatic hydroxyl groups is 1. The first-order valence-corrected chi connectivity index (χ1v) is 7.36. The average Bonchev–Trinajstić information content (AvgIpc) is 2.49. The monoisotopic (exact) mass is 271 g/mol. The number of fused-ring (bicyclic) bond motifs is 1. The molecule has 1 heterocycles. The van der Waals surface area contributed by atoms with Gasteiger partial charge in [0.2, 0.25) is 0 Å². The van der Waals surface area contributed by atoms with E-state index in [1.165, 1.54) is 22.8 Å². The zero-order valence-electron chi connectivity index (χ0n) is 11.6. The van der Waals surface area contributed by atoms with Crippen molar-refractivity contribution in [2.45, 2.75) is 25.4 Å². The lowest BCUT2D eigenvalue weighted by molar-refractivity contribution is 0.167. The topological polar surface area (TPSA) is 41.5 Å². The van der Waals surface area contributed by atoms with Crippen LogP contribution in [0.25, 0.3) is 10.8 Å². The normalized spacial score (nSPS) is 19.1. The Bertz CT molecular complexity index is 576. The van der Waals surface area contributed by atoms with Gasteiger partial charge in [-0.2, -0.15) is 0 Å². The predicted molar refractivity (Wildman–Crippen MR) is 81.3 cm³/mol. The molecule has 1 fully saturated rings. The molecule has 1 aliphatic rings. The fourth-order valence-corrected chi connectivity index (χ4v) is 2.74. The molecule has 106 valence electrons. The van der Waals surface area contributed by atoms with Crippen molar-refractivity contribution in [1.82, 2.24) is 5.32 Å². The second-order valence-electron chi connectivity index (χ2n) is 5.40. The lowest BCUT2D eigenvalue weighted by Crippen LogP contribution is -2.37. The van der Waals surface area contributed by atoms with E-state index in [1.54, 1.807) is 0 Å². The number of hydrogen-bond donors (Lipinski definition) is 2. The van der Waals surface area contributed by atoms with E-state index in [9.17, 15) is 0 Å². The molecule has 0 amide bonds. The van der Waals surface area contributed by atoms with Crippen molar-refractivity contribution in [3.05, 3.63) is 42.0 Å². The van der Waals surface area contributed by atoms with Gasteiger partial charge in [-0.15, -0.1) is 0 Å². The van der Waals surface area contributed by atoms with Gasteiger partial charge in [0, 0.05) is 13.2 Å². The van der Waals surface area contributed by atoms with Crippen LogP contribution in [0.15, 0.2) is 36.4 Å². The van der Waals surface area contributed by atoms with Crippen molar-refractivity contribution in [2.75, 3.05) is 19.7 Å². The van der Waals surface area contributed by atoms with Crippen LogP contribution in [-0.4, -0.2) is 30.9 Å². The SMILES string of the molecule is OCCc1ccc2cc(OC3CCCNC3)ccc2c1. The number of nitrogens with one attached hydrogen (secondary N) is 1. The summed E-state index contributed by atoms with van der Waals surface area (Å²) in [5.74, 6) is 0.945. The highest BCUT2D eigenvalue weighted by Gasteiger charge is 2.14. The van der Waals surface area contributed by atoms with Crippen LogP contribution in [0.3, 0.4) is 0 Å². The Labute approximate surface area is 119 Å². The van der Waals surface area contributed by atoms with Crippen LogP contribution in [0.2, 0.25) is 0 Å². The molecule has 0 saturated carbocycles. The summed E-state index contributed by atoms with van der Waals surface area (Å²) < 4.78 is 6.04. The Balaban J connectivity index is 1.77. The van der Waals surface area contributed by atoms with Gasteiger partial charge in [-0.3, -0.25) is 0 Å². The number of rotatable bonds is 4. The zero-order chi connectivity index (χ0) is 13.8.